The number of nitrogens with one attached hydrogen (secondary N) is 1. The van der Waals surface area contributed by atoms with Crippen molar-refractivity contribution in [3.63, 3.8) is 0 Å². The summed E-state index contributed by atoms with van der Waals surface area (Å²) in [4.78, 5) is 12.8. The first-order chi connectivity index (χ1) is 13.6. The predicted molar refractivity (Wildman–Crippen MR) is 109 cm³/mol. The van der Waals surface area contributed by atoms with Crippen molar-refractivity contribution in [2.24, 2.45) is 29.4 Å². The van der Waals surface area contributed by atoms with Crippen LogP contribution in [-0.4, -0.2) is 31.8 Å². The van der Waals surface area contributed by atoms with E-state index in [2.05, 4.69) is 30.4 Å². The lowest BCUT2D eigenvalue weighted by molar-refractivity contribution is -0.128. The molecule has 1 aromatic rings. The lowest BCUT2D eigenvalue weighted by Crippen LogP contribution is -2.49. The summed E-state index contributed by atoms with van der Waals surface area (Å²) in [6.45, 7) is 4.88. The number of benzene rings is 1. The van der Waals surface area contributed by atoms with Crippen molar-refractivity contribution in [1.29, 1.82) is 0 Å². The second-order valence-electron chi connectivity index (χ2n) is 9.07. The maximum Gasteiger partial charge on any atom is 0.223 e. The van der Waals surface area contributed by atoms with Gasteiger partial charge >= 0.3 is 0 Å². The zero-order valence-corrected chi connectivity index (χ0v) is 17.0. The van der Waals surface area contributed by atoms with Gasteiger partial charge in [0.25, 0.3) is 0 Å². The minimum absolute atomic E-state index is 0.112. The third kappa shape index (κ3) is 4.52. The summed E-state index contributed by atoms with van der Waals surface area (Å²) in [5, 5.41) is 3.18. The van der Waals surface area contributed by atoms with Crippen LogP contribution in [0.5, 0.6) is 5.75 Å². The normalized spacial score (nSPS) is 32.1. The molecule has 2 aliphatic carbocycles. The fourth-order valence-electron chi connectivity index (χ4n) is 5.19. The molecule has 2 bridgehead atoms. The van der Waals surface area contributed by atoms with Crippen LogP contribution in [-0.2, 0) is 16.1 Å². The molecule has 1 saturated heterocycles. The fraction of sp³-hybridized carbons (Fsp3) is 0.696. The van der Waals surface area contributed by atoms with E-state index in [1.165, 1.54) is 24.8 Å². The number of amides is 1. The monoisotopic (exact) mass is 386 g/mol. The first kappa shape index (κ1) is 19.7. The third-order valence-corrected chi connectivity index (χ3v) is 6.96. The van der Waals surface area contributed by atoms with Crippen LogP contribution in [0.15, 0.2) is 18.2 Å². The average Bonchev–Trinajstić information content (AvgIpc) is 3.18. The van der Waals surface area contributed by atoms with Crippen molar-refractivity contribution >= 4 is 5.91 Å². The summed E-state index contributed by atoms with van der Waals surface area (Å²) in [6.07, 6.45) is 6.59. The Morgan fingerprint density at radius 3 is 2.75 bits per heavy atom. The van der Waals surface area contributed by atoms with E-state index in [1.807, 2.05) is 0 Å². The van der Waals surface area contributed by atoms with E-state index in [0.717, 1.165) is 43.8 Å². The lowest BCUT2D eigenvalue weighted by atomic mass is 9.65. The summed E-state index contributed by atoms with van der Waals surface area (Å²) in [7, 11) is 0. The second kappa shape index (κ2) is 8.83. The molecule has 28 heavy (non-hydrogen) atoms. The van der Waals surface area contributed by atoms with Crippen molar-refractivity contribution in [2.45, 2.75) is 58.0 Å². The topological polar surface area (TPSA) is 73.6 Å². The van der Waals surface area contributed by atoms with Crippen molar-refractivity contribution in [3.8, 4) is 5.75 Å². The maximum atomic E-state index is 12.8. The van der Waals surface area contributed by atoms with Gasteiger partial charge in [0.15, 0.2) is 0 Å². The molecule has 3 aliphatic rings. The highest BCUT2D eigenvalue weighted by Gasteiger charge is 2.40. The highest BCUT2D eigenvalue weighted by atomic mass is 16.5. The predicted octanol–water partition coefficient (Wildman–Crippen LogP) is 3.18. The Hall–Kier alpha value is -1.59. The fourth-order valence-corrected chi connectivity index (χ4v) is 5.19. The largest absolute Gasteiger partial charge is 0.493 e. The van der Waals surface area contributed by atoms with Gasteiger partial charge < -0.3 is 20.5 Å². The summed E-state index contributed by atoms with van der Waals surface area (Å²) in [6, 6.07) is 6.52. The van der Waals surface area contributed by atoms with Gasteiger partial charge in [-0.3, -0.25) is 4.79 Å². The molecule has 154 valence electrons. The van der Waals surface area contributed by atoms with Crippen LogP contribution >= 0.6 is 0 Å². The van der Waals surface area contributed by atoms with Crippen LogP contribution in [0.25, 0.3) is 0 Å². The molecule has 1 aromatic carbocycles. The molecule has 1 heterocycles. The summed E-state index contributed by atoms with van der Waals surface area (Å²) in [5.74, 6) is 2.69. The van der Waals surface area contributed by atoms with Crippen molar-refractivity contribution in [2.75, 3.05) is 19.8 Å². The molecule has 4 rings (SSSR count). The Morgan fingerprint density at radius 2 is 2.04 bits per heavy atom. The maximum absolute atomic E-state index is 12.8. The molecular formula is C23H34N2O3. The zero-order valence-electron chi connectivity index (χ0n) is 17.0. The van der Waals surface area contributed by atoms with E-state index in [-0.39, 0.29) is 11.8 Å². The average molecular weight is 387 g/mol. The van der Waals surface area contributed by atoms with Gasteiger partial charge in [-0.25, -0.2) is 0 Å². The molecule has 1 aliphatic heterocycles. The molecule has 3 atom stereocenters. The smallest absolute Gasteiger partial charge is 0.223 e. The van der Waals surface area contributed by atoms with Crippen LogP contribution in [0, 0.1) is 30.6 Å². The standard InChI is InChI=1S/C23H34N2O3/c1-15-5-6-19(21(9-15)28-14-16-7-8-27-13-16)12-25-23(26)20-10-17-3-2-4-18(11-20)22(17)24/h5-6,9,16-18,20,22H,2-4,7-8,10-14,24H2,1H3,(H,25,26). The molecule has 2 saturated carbocycles. The molecule has 3 fully saturated rings. The van der Waals surface area contributed by atoms with Gasteiger partial charge in [-0.1, -0.05) is 18.6 Å². The second-order valence-corrected chi connectivity index (χ2v) is 9.07. The molecule has 5 heteroatoms. The minimum Gasteiger partial charge on any atom is -0.493 e. The number of hydrogen-bond acceptors (Lipinski definition) is 4. The first-order valence-corrected chi connectivity index (χ1v) is 10.9. The van der Waals surface area contributed by atoms with Crippen molar-refractivity contribution < 1.29 is 14.3 Å². The number of ether oxygens (including phenoxy) is 2. The molecule has 1 amide bonds. The number of nitrogens with two attached hydrogens (primary N) is 1. The Bertz CT molecular complexity index is 672. The van der Waals surface area contributed by atoms with Gasteiger partial charge in [0, 0.05) is 36.6 Å². The SMILES string of the molecule is Cc1ccc(CNC(=O)C2CC3CCCC(C2)C3N)c(OCC2CCOC2)c1. The Balaban J connectivity index is 1.34. The molecule has 3 N–H and O–H groups in total. The van der Waals surface area contributed by atoms with E-state index in [0.29, 0.717) is 36.9 Å². The van der Waals surface area contributed by atoms with Gasteiger partial charge in [0.05, 0.1) is 13.2 Å². The van der Waals surface area contributed by atoms with Crippen molar-refractivity contribution in [1.82, 2.24) is 5.32 Å². The zero-order chi connectivity index (χ0) is 19.5. The first-order valence-electron chi connectivity index (χ1n) is 10.9. The number of rotatable bonds is 6. The Morgan fingerprint density at radius 1 is 1.25 bits per heavy atom. The van der Waals surface area contributed by atoms with E-state index in [1.54, 1.807) is 0 Å². The van der Waals surface area contributed by atoms with Crippen molar-refractivity contribution in [3.05, 3.63) is 29.3 Å². The van der Waals surface area contributed by atoms with Crippen LogP contribution in [0.4, 0.5) is 0 Å². The quantitative estimate of drug-likeness (QED) is 0.787. The molecule has 0 aromatic heterocycles. The Kier molecular flexibility index (Phi) is 6.22. The lowest BCUT2D eigenvalue weighted by Gasteiger charge is -2.43. The van der Waals surface area contributed by atoms with E-state index >= 15 is 0 Å². The Labute approximate surface area is 168 Å². The van der Waals surface area contributed by atoms with Gasteiger partial charge in [-0.2, -0.15) is 0 Å². The van der Waals surface area contributed by atoms with E-state index < -0.39 is 0 Å². The number of carbonyl (C=O) groups is 1. The molecular weight excluding hydrogens is 352 g/mol. The van der Waals surface area contributed by atoms with E-state index in [9.17, 15) is 4.79 Å². The number of hydrogen-bond donors (Lipinski definition) is 2. The van der Waals surface area contributed by atoms with Gasteiger partial charge in [0.2, 0.25) is 5.91 Å². The van der Waals surface area contributed by atoms with Gasteiger partial charge in [-0.15, -0.1) is 0 Å². The minimum atomic E-state index is 0.112. The van der Waals surface area contributed by atoms with Crippen LogP contribution in [0.1, 0.15) is 49.7 Å². The molecule has 5 nitrogen and oxygen atoms in total. The van der Waals surface area contributed by atoms with Crippen LogP contribution in [0.2, 0.25) is 0 Å². The molecule has 0 radical (unpaired) electrons. The highest BCUT2D eigenvalue weighted by Crippen LogP contribution is 2.41. The molecule has 3 unspecified atom stereocenters. The van der Waals surface area contributed by atoms with E-state index in [4.69, 9.17) is 15.2 Å². The number of fused-ring (bicyclic) bond motifs is 2. The van der Waals surface area contributed by atoms with Crippen LogP contribution < -0.4 is 15.8 Å². The van der Waals surface area contributed by atoms with Gasteiger partial charge in [0.1, 0.15) is 5.75 Å². The highest BCUT2D eigenvalue weighted by molar-refractivity contribution is 5.78. The summed E-state index contributed by atoms with van der Waals surface area (Å²) >= 11 is 0. The third-order valence-electron chi connectivity index (χ3n) is 6.96. The number of carbonyl (C=O) groups excluding carboxylic acids is 1. The summed E-state index contributed by atoms with van der Waals surface area (Å²) in [5.41, 5.74) is 8.59. The van der Waals surface area contributed by atoms with Gasteiger partial charge in [-0.05, 0) is 62.5 Å². The van der Waals surface area contributed by atoms with Crippen LogP contribution in [0.3, 0.4) is 0 Å². The number of aryl methyl sites for hydroxylation is 1. The molecule has 0 spiro atoms. The summed E-state index contributed by atoms with van der Waals surface area (Å²) < 4.78 is 11.5.